The molecule has 5 rings (SSSR count). The van der Waals surface area contributed by atoms with Crippen LogP contribution in [0.4, 0.5) is 14.9 Å². The fourth-order valence-corrected chi connectivity index (χ4v) is 6.05. The molecule has 0 aromatic heterocycles. The Balaban J connectivity index is 1.44. The number of fused-ring (bicyclic) bond motifs is 2. The van der Waals surface area contributed by atoms with Gasteiger partial charge in [0.2, 0.25) is 0 Å². The molecule has 33 heavy (non-hydrogen) atoms. The number of nitrogens with one attached hydrogen (secondary N) is 1. The van der Waals surface area contributed by atoms with E-state index in [0.29, 0.717) is 25.4 Å². The number of carbonyl (C=O) groups excluding carboxylic acids is 2. The second kappa shape index (κ2) is 8.56. The highest BCUT2D eigenvalue weighted by Gasteiger charge is 2.59. The number of urea groups is 1. The lowest BCUT2D eigenvalue weighted by Gasteiger charge is -2.33. The van der Waals surface area contributed by atoms with Crippen LogP contribution >= 0.6 is 11.8 Å². The zero-order valence-electron chi connectivity index (χ0n) is 18.3. The number of hydrogen-bond donors (Lipinski definition) is 1. The van der Waals surface area contributed by atoms with Crippen molar-refractivity contribution < 1.29 is 14.0 Å². The Hall–Kier alpha value is -3.32. The van der Waals surface area contributed by atoms with Crippen molar-refractivity contribution in [2.75, 3.05) is 17.2 Å². The standard InChI is InChI=1S/C26H24FN3O2S/c1-18-5-4-6-20(15-18)16-28-25(32)30-13-14-33-26(30)22-7-2-3-8-23(22)29(24(26)31)17-19-9-11-21(27)12-10-19/h2-12,15H,13-14,16-17H2,1H3,(H,28,32). The minimum atomic E-state index is -1.09. The lowest BCUT2D eigenvalue weighted by atomic mass is 10.1. The van der Waals surface area contributed by atoms with Gasteiger partial charge in [-0.2, -0.15) is 0 Å². The van der Waals surface area contributed by atoms with Crippen molar-refractivity contribution in [1.29, 1.82) is 0 Å². The zero-order valence-corrected chi connectivity index (χ0v) is 19.1. The monoisotopic (exact) mass is 461 g/mol. The largest absolute Gasteiger partial charge is 0.334 e. The Morgan fingerprint density at radius 1 is 1.06 bits per heavy atom. The van der Waals surface area contributed by atoms with E-state index in [0.717, 1.165) is 27.9 Å². The van der Waals surface area contributed by atoms with E-state index in [1.807, 2.05) is 55.5 Å². The Labute approximate surface area is 196 Å². The van der Waals surface area contributed by atoms with Gasteiger partial charge in [0.1, 0.15) is 5.82 Å². The average molecular weight is 462 g/mol. The predicted octanol–water partition coefficient (Wildman–Crippen LogP) is 4.79. The molecule has 3 amide bonds. The summed E-state index contributed by atoms with van der Waals surface area (Å²) >= 11 is 1.49. The molecule has 5 nitrogen and oxygen atoms in total. The number of rotatable bonds is 4. The lowest BCUT2D eigenvalue weighted by Crippen LogP contribution is -2.53. The van der Waals surface area contributed by atoms with Gasteiger partial charge in [-0.05, 0) is 36.2 Å². The van der Waals surface area contributed by atoms with Gasteiger partial charge in [-0.1, -0.05) is 60.2 Å². The number of carbonyl (C=O) groups is 2. The van der Waals surface area contributed by atoms with E-state index < -0.39 is 4.87 Å². The topological polar surface area (TPSA) is 52.7 Å². The van der Waals surface area contributed by atoms with Crippen LogP contribution in [0.15, 0.2) is 72.8 Å². The first-order chi connectivity index (χ1) is 16.0. The van der Waals surface area contributed by atoms with Gasteiger partial charge >= 0.3 is 6.03 Å². The third-order valence-corrected chi connectivity index (χ3v) is 7.55. The van der Waals surface area contributed by atoms with Crippen LogP contribution in [0.5, 0.6) is 0 Å². The molecule has 1 spiro atoms. The molecule has 7 heteroatoms. The third kappa shape index (κ3) is 3.76. The van der Waals surface area contributed by atoms with Crippen LogP contribution in [-0.2, 0) is 22.8 Å². The summed E-state index contributed by atoms with van der Waals surface area (Å²) in [6, 6.07) is 21.5. The van der Waals surface area contributed by atoms with Crippen LogP contribution in [0.1, 0.15) is 22.3 Å². The van der Waals surface area contributed by atoms with Crippen LogP contribution in [0.25, 0.3) is 0 Å². The highest BCUT2D eigenvalue weighted by Crippen LogP contribution is 2.54. The smallest absolute Gasteiger partial charge is 0.319 e. The highest BCUT2D eigenvalue weighted by molar-refractivity contribution is 8.01. The summed E-state index contributed by atoms with van der Waals surface area (Å²) < 4.78 is 13.4. The fourth-order valence-electron chi connectivity index (χ4n) is 4.59. The van der Waals surface area contributed by atoms with Crippen molar-refractivity contribution in [3.05, 3.63) is 101 Å². The number of anilines is 1. The van der Waals surface area contributed by atoms with Crippen LogP contribution < -0.4 is 10.2 Å². The Morgan fingerprint density at radius 2 is 1.85 bits per heavy atom. The molecule has 2 aliphatic heterocycles. The Bertz CT molecular complexity index is 1220. The van der Waals surface area contributed by atoms with Gasteiger partial charge in [-0.3, -0.25) is 9.69 Å². The van der Waals surface area contributed by atoms with Gasteiger partial charge in [0.15, 0.2) is 4.87 Å². The normalized spacial score (nSPS) is 19.3. The van der Waals surface area contributed by atoms with Gasteiger partial charge in [0, 0.05) is 24.4 Å². The summed E-state index contributed by atoms with van der Waals surface area (Å²) in [6.07, 6.45) is 0. The van der Waals surface area contributed by atoms with Gasteiger partial charge in [-0.25, -0.2) is 9.18 Å². The molecule has 1 saturated heterocycles. The van der Waals surface area contributed by atoms with Crippen LogP contribution in [0.2, 0.25) is 0 Å². The number of benzene rings is 3. The quantitative estimate of drug-likeness (QED) is 0.608. The van der Waals surface area contributed by atoms with Crippen molar-refractivity contribution >= 4 is 29.4 Å². The maximum atomic E-state index is 13.9. The summed E-state index contributed by atoms with van der Waals surface area (Å²) in [6.45, 7) is 3.21. The van der Waals surface area contributed by atoms with E-state index in [-0.39, 0.29) is 17.8 Å². The molecule has 0 radical (unpaired) electrons. The second-order valence-corrected chi connectivity index (χ2v) is 9.61. The number of thioether (sulfide) groups is 1. The minimum Gasteiger partial charge on any atom is -0.334 e. The van der Waals surface area contributed by atoms with Gasteiger partial charge < -0.3 is 10.2 Å². The fraction of sp³-hybridized carbons (Fsp3) is 0.231. The molecule has 3 aromatic carbocycles. The average Bonchev–Trinajstić information content (AvgIpc) is 3.36. The molecule has 0 bridgehead atoms. The SMILES string of the molecule is Cc1cccc(CNC(=O)N2CCSC23C(=O)N(Cc2ccc(F)cc2)c2ccccc23)c1. The molecule has 0 aliphatic carbocycles. The molecule has 0 saturated carbocycles. The van der Waals surface area contributed by atoms with E-state index in [1.165, 1.54) is 23.9 Å². The summed E-state index contributed by atoms with van der Waals surface area (Å²) in [7, 11) is 0. The number of halogens is 1. The van der Waals surface area contributed by atoms with E-state index in [2.05, 4.69) is 5.32 Å². The number of nitrogens with zero attached hydrogens (tertiary/aromatic N) is 2. The van der Waals surface area contributed by atoms with Crippen molar-refractivity contribution in [3.63, 3.8) is 0 Å². The maximum Gasteiger partial charge on any atom is 0.319 e. The van der Waals surface area contributed by atoms with Gasteiger partial charge in [0.05, 0.1) is 12.2 Å². The lowest BCUT2D eigenvalue weighted by molar-refractivity contribution is -0.123. The third-order valence-electron chi connectivity index (χ3n) is 6.13. The summed E-state index contributed by atoms with van der Waals surface area (Å²) in [5.41, 5.74) is 4.59. The van der Waals surface area contributed by atoms with E-state index in [1.54, 1.807) is 21.9 Å². The maximum absolute atomic E-state index is 13.9. The van der Waals surface area contributed by atoms with Crippen molar-refractivity contribution in [2.45, 2.75) is 24.9 Å². The summed E-state index contributed by atoms with van der Waals surface area (Å²) in [5.74, 6) is 0.217. The molecular formula is C26H24FN3O2S. The first-order valence-electron chi connectivity index (χ1n) is 10.9. The summed E-state index contributed by atoms with van der Waals surface area (Å²) in [5, 5.41) is 3.00. The molecule has 168 valence electrons. The van der Waals surface area contributed by atoms with Crippen LogP contribution in [0, 0.1) is 12.7 Å². The zero-order chi connectivity index (χ0) is 23.0. The molecule has 3 aromatic rings. The van der Waals surface area contributed by atoms with E-state index in [4.69, 9.17) is 0 Å². The van der Waals surface area contributed by atoms with Crippen LogP contribution in [-0.4, -0.2) is 29.1 Å². The molecular weight excluding hydrogens is 437 g/mol. The molecule has 2 aliphatic rings. The Kier molecular flexibility index (Phi) is 5.58. The van der Waals surface area contributed by atoms with Gasteiger partial charge in [-0.15, -0.1) is 11.8 Å². The van der Waals surface area contributed by atoms with Crippen molar-refractivity contribution in [2.24, 2.45) is 0 Å². The number of aryl methyl sites for hydroxylation is 1. The number of amides is 3. The molecule has 1 fully saturated rings. The summed E-state index contributed by atoms with van der Waals surface area (Å²) in [4.78, 5) is 29.5. The Morgan fingerprint density at radius 3 is 2.64 bits per heavy atom. The minimum absolute atomic E-state index is 0.138. The molecule has 1 N–H and O–H groups in total. The number of para-hydroxylation sites is 1. The second-order valence-electron chi connectivity index (χ2n) is 8.33. The van der Waals surface area contributed by atoms with Crippen LogP contribution in [0.3, 0.4) is 0 Å². The molecule has 1 atom stereocenters. The first kappa shape index (κ1) is 21.5. The van der Waals surface area contributed by atoms with E-state index in [9.17, 15) is 14.0 Å². The first-order valence-corrected chi connectivity index (χ1v) is 11.9. The van der Waals surface area contributed by atoms with Gasteiger partial charge in [0.25, 0.3) is 5.91 Å². The van der Waals surface area contributed by atoms with E-state index >= 15 is 0 Å². The van der Waals surface area contributed by atoms with Crippen molar-refractivity contribution in [1.82, 2.24) is 10.2 Å². The number of hydrogen-bond acceptors (Lipinski definition) is 3. The predicted molar refractivity (Wildman–Crippen MR) is 128 cm³/mol. The van der Waals surface area contributed by atoms with Crippen molar-refractivity contribution in [3.8, 4) is 0 Å². The highest BCUT2D eigenvalue weighted by atomic mass is 32.2. The molecule has 2 heterocycles. The molecule has 1 unspecified atom stereocenters.